The maximum absolute atomic E-state index is 13.5. The Hall–Kier alpha value is -3.94. The van der Waals surface area contributed by atoms with Crippen LogP contribution in [0.5, 0.6) is 0 Å². The molecule has 1 N–H and O–H groups in total. The molecule has 4 rings (SSSR count). The first-order valence-corrected chi connectivity index (χ1v) is 11.6. The molecule has 176 valence electrons. The lowest BCUT2D eigenvalue weighted by molar-refractivity contribution is -0.116. The second-order valence-electron chi connectivity index (χ2n) is 8.26. The lowest BCUT2D eigenvalue weighted by atomic mass is 10.1. The molecule has 0 bridgehead atoms. The molecule has 0 radical (unpaired) electrons. The lowest BCUT2D eigenvalue weighted by Gasteiger charge is -2.13. The van der Waals surface area contributed by atoms with Crippen LogP contribution in [-0.4, -0.2) is 24.8 Å². The number of hydrogen-bond acceptors (Lipinski definition) is 4. The monoisotopic (exact) mass is 459 g/mol. The molecule has 2 heterocycles. The van der Waals surface area contributed by atoms with Crippen LogP contribution in [0.4, 0.5) is 5.69 Å². The topological polar surface area (TPSA) is 90.9 Å². The summed E-state index contributed by atoms with van der Waals surface area (Å²) in [6.45, 7) is 6.17. The average molecular weight is 460 g/mol. The number of nitrogens with one attached hydrogen (secondary N) is 1. The smallest absolute Gasteiger partial charge is 0.325 e. The number of anilines is 1. The van der Waals surface area contributed by atoms with E-state index in [-0.39, 0.29) is 24.6 Å². The molecular weight excluding hydrogens is 430 g/mol. The van der Waals surface area contributed by atoms with Crippen LogP contribution in [0.1, 0.15) is 30.7 Å². The van der Waals surface area contributed by atoms with Gasteiger partial charge in [0.25, 0.3) is 5.56 Å². The van der Waals surface area contributed by atoms with Crippen LogP contribution in [-0.2, 0) is 37.3 Å². The number of amides is 1. The summed E-state index contributed by atoms with van der Waals surface area (Å²) in [6.07, 6.45) is 1.38. The molecule has 0 atom stereocenters. The Bertz CT molecular complexity index is 1450. The minimum Gasteiger partial charge on any atom is -0.325 e. The van der Waals surface area contributed by atoms with Crippen molar-refractivity contribution < 1.29 is 4.79 Å². The molecule has 0 saturated carbocycles. The molecule has 2 aromatic heterocycles. The minimum absolute atomic E-state index is 0.214. The highest BCUT2D eigenvalue weighted by atomic mass is 16.2. The molecule has 4 aromatic rings. The van der Waals surface area contributed by atoms with Gasteiger partial charge in [-0.3, -0.25) is 23.4 Å². The summed E-state index contributed by atoms with van der Waals surface area (Å²) in [5, 5.41) is 7.33. The highest BCUT2D eigenvalue weighted by molar-refractivity contribution is 5.91. The van der Waals surface area contributed by atoms with E-state index in [0.717, 1.165) is 17.5 Å². The Morgan fingerprint density at radius 1 is 0.941 bits per heavy atom. The normalized spacial score (nSPS) is 11.1. The maximum Gasteiger partial charge on any atom is 0.332 e. The van der Waals surface area contributed by atoms with E-state index in [9.17, 15) is 14.4 Å². The van der Waals surface area contributed by atoms with E-state index < -0.39 is 5.69 Å². The molecule has 0 saturated heterocycles. The predicted molar refractivity (Wildman–Crippen MR) is 133 cm³/mol. The molecule has 8 nitrogen and oxygen atoms in total. The van der Waals surface area contributed by atoms with Crippen molar-refractivity contribution in [2.45, 2.75) is 53.2 Å². The van der Waals surface area contributed by atoms with Crippen LogP contribution in [0.25, 0.3) is 11.0 Å². The Balaban J connectivity index is 1.75. The fourth-order valence-corrected chi connectivity index (χ4v) is 4.23. The number of rotatable bonds is 8. The highest BCUT2D eigenvalue weighted by Crippen LogP contribution is 2.15. The van der Waals surface area contributed by atoms with E-state index in [2.05, 4.69) is 10.4 Å². The van der Waals surface area contributed by atoms with Gasteiger partial charge in [-0.15, -0.1) is 0 Å². The van der Waals surface area contributed by atoms with Gasteiger partial charge < -0.3 is 5.32 Å². The van der Waals surface area contributed by atoms with E-state index in [0.29, 0.717) is 35.4 Å². The van der Waals surface area contributed by atoms with Gasteiger partial charge in [0.1, 0.15) is 12.1 Å². The van der Waals surface area contributed by atoms with E-state index in [1.165, 1.54) is 9.13 Å². The molecule has 0 fully saturated rings. The van der Waals surface area contributed by atoms with Gasteiger partial charge in [-0.05, 0) is 49.9 Å². The lowest BCUT2D eigenvalue weighted by Crippen LogP contribution is -2.42. The number of benzene rings is 2. The Morgan fingerprint density at radius 3 is 2.38 bits per heavy atom. The molecule has 0 unspecified atom stereocenters. The Labute approximate surface area is 197 Å². The number of hydrogen-bond donors (Lipinski definition) is 1. The van der Waals surface area contributed by atoms with Crippen molar-refractivity contribution in [3.05, 3.63) is 92.3 Å². The first-order valence-electron chi connectivity index (χ1n) is 11.6. The number of carbonyl (C=O) groups excluding carboxylic acids is 1. The van der Waals surface area contributed by atoms with Gasteiger partial charge in [-0.1, -0.05) is 49.4 Å². The number of aryl methyl sites for hydroxylation is 4. The summed E-state index contributed by atoms with van der Waals surface area (Å²) in [4.78, 5) is 39.8. The number of nitrogens with zero attached hydrogens (tertiary/aromatic N) is 4. The highest BCUT2D eigenvalue weighted by Gasteiger charge is 2.21. The molecule has 34 heavy (non-hydrogen) atoms. The van der Waals surface area contributed by atoms with E-state index in [4.69, 9.17) is 0 Å². The predicted octanol–water partition coefficient (Wildman–Crippen LogP) is 3.13. The molecule has 1 amide bonds. The van der Waals surface area contributed by atoms with Gasteiger partial charge in [0.2, 0.25) is 5.91 Å². The van der Waals surface area contributed by atoms with Crippen molar-refractivity contribution in [2.24, 2.45) is 0 Å². The fraction of sp³-hybridized carbons (Fsp3) is 0.308. The zero-order valence-corrected chi connectivity index (χ0v) is 19.7. The SMILES string of the molecule is CCc1cccc(NC(=O)Cn2c(=O)n(CCc3ccccc3)c(=O)c3c2c(C)nn3CC)c1. The summed E-state index contributed by atoms with van der Waals surface area (Å²) in [5.41, 5.74) is 3.20. The number of aromatic nitrogens is 4. The molecule has 0 aliphatic heterocycles. The summed E-state index contributed by atoms with van der Waals surface area (Å²) in [6, 6.07) is 17.3. The van der Waals surface area contributed by atoms with Crippen LogP contribution in [0.3, 0.4) is 0 Å². The van der Waals surface area contributed by atoms with E-state index >= 15 is 0 Å². The van der Waals surface area contributed by atoms with Crippen molar-refractivity contribution in [1.29, 1.82) is 0 Å². The quantitative estimate of drug-likeness (QED) is 0.438. The molecule has 2 aromatic carbocycles. The van der Waals surface area contributed by atoms with E-state index in [1.807, 2.05) is 68.4 Å². The average Bonchev–Trinajstić information content (AvgIpc) is 3.18. The van der Waals surface area contributed by atoms with Crippen molar-refractivity contribution in [1.82, 2.24) is 18.9 Å². The third-order valence-electron chi connectivity index (χ3n) is 5.96. The van der Waals surface area contributed by atoms with Crippen molar-refractivity contribution in [3.8, 4) is 0 Å². The van der Waals surface area contributed by atoms with Gasteiger partial charge in [-0.2, -0.15) is 5.10 Å². The summed E-state index contributed by atoms with van der Waals surface area (Å²) in [5.74, 6) is -0.339. The second-order valence-corrected chi connectivity index (χ2v) is 8.26. The summed E-state index contributed by atoms with van der Waals surface area (Å²) >= 11 is 0. The Kier molecular flexibility index (Phi) is 6.77. The standard InChI is InChI=1S/C26H29N5O3/c1-4-19-12-9-13-21(16-19)27-22(32)17-30-23-18(3)28-31(5-2)24(23)25(33)29(26(30)34)15-14-20-10-7-6-8-11-20/h6-13,16H,4-5,14-15,17H2,1-3H3,(H,27,32). The van der Waals surface area contributed by atoms with Gasteiger partial charge in [0.15, 0.2) is 5.52 Å². The first kappa shape index (κ1) is 23.2. The first-order chi connectivity index (χ1) is 16.4. The van der Waals surface area contributed by atoms with Crippen LogP contribution in [0.15, 0.2) is 64.2 Å². The van der Waals surface area contributed by atoms with Gasteiger partial charge in [0.05, 0.1) is 5.69 Å². The third kappa shape index (κ3) is 4.57. The van der Waals surface area contributed by atoms with Crippen LogP contribution in [0, 0.1) is 6.92 Å². The van der Waals surface area contributed by atoms with E-state index in [1.54, 1.807) is 11.6 Å². The van der Waals surface area contributed by atoms with Gasteiger partial charge in [-0.25, -0.2) is 4.79 Å². The van der Waals surface area contributed by atoms with Gasteiger partial charge in [0, 0.05) is 18.8 Å². The van der Waals surface area contributed by atoms with Crippen molar-refractivity contribution in [2.75, 3.05) is 5.32 Å². The Morgan fingerprint density at radius 2 is 1.68 bits per heavy atom. The molecular formula is C26H29N5O3. The minimum atomic E-state index is -0.510. The molecule has 0 aliphatic rings. The number of carbonyl (C=O) groups is 1. The second kappa shape index (κ2) is 9.91. The van der Waals surface area contributed by atoms with Crippen molar-refractivity contribution >= 4 is 22.6 Å². The molecule has 0 spiro atoms. The van der Waals surface area contributed by atoms with Crippen LogP contribution >= 0.6 is 0 Å². The molecule has 0 aliphatic carbocycles. The molecule has 8 heteroatoms. The summed E-state index contributed by atoms with van der Waals surface area (Å²) < 4.78 is 4.19. The summed E-state index contributed by atoms with van der Waals surface area (Å²) in [7, 11) is 0. The number of fused-ring (bicyclic) bond motifs is 1. The van der Waals surface area contributed by atoms with Crippen LogP contribution in [0.2, 0.25) is 0 Å². The van der Waals surface area contributed by atoms with Crippen LogP contribution < -0.4 is 16.6 Å². The van der Waals surface area contributed by atoms with Crippen molar-refractivity contribution in [3.63, 3.8) is 0 Å². The largest absolute Gasteiger partial charge is 0.332 e. The zero-order valence-electron chi connectivity index (χ0n) is 19.7. The fourth-order valence-electron chi connectivity index (χ4n) is 4.23. The maximum atomic E-state index is 13.5. The zero-order chi connectivity index (χ0) is 24.2. The van der Waals surface area contributed by atoms with Gasteiger partial charge >= 0.3 is 5.69 Å². The third-order valence-corrected chi connectivity index (χ3v) is 5.96.